The first-order chi connectivity index (χ1) is 12.7. The van der Waals surface area contributed by atoms with Gasteiger partial charge in [0.25, 0.3) is 5.91 Å². The van der Waals surface area contributed by atoms with E-state index < -0.39 is 18.0 Å². The zero-order valence-corrected chi connectivity index (χ0v) is 15.5. The summed E-state index contributed by atoms with van der Waals surface area (Å²) in [5, 5.41) is 11.0. The van der Waals surface area contributed by atoms with Crippen molar-refractivity contribution in [3.63, 3.8) is 0 Å². The summed E-state index contributed by atoms with van der Waals surface area (Å²) < 4.78 is 40.9. The van der Waals surface area contributed by atoms with E-state index in [1.807, 2.05) is 20.0 Å². The molecule has 0 saturated heterocycles. The Balaban J connectivity index is 1.83. The number of carbonyl (C=O) groups is 1. The predicted molar refractivity (Wildman–Crippen MR) is 95.8 cm³/mol. The molecule has 0 saturated carbocycles. The number of aromatic nitrogens is 3. The number of anilines is 1. The molecule has 4 heterocycles. The third kappa shape index (κ3) is 2.84. The molecule has 1 amide bonds. The van der Waals surface area contributed by atoms with Crippen LogP contribution in [0.3, 0.4) is 0 Å². The molecule has 142 valence electrons. The molecule has 1 aliphatic heterocycles. The summed E-state index contributed by atoms with van der Waals surface area (Å²) in [5.74, 6) is -0.339. The van der Waals surface area contributed by atoms with Crippen molar-refractivity contribution in [1.82, 2.24) is 20.1 Å². The van der Waals surface area contributed by atoms with Gasteiger partial charge < -0.3 is 10.6 Å². The number of pyridine rings is 1. The monoisotopic (exact) mass is 395 g/mol. The molecule has 0 spiro atoms. The Hall–Kier alpha value is -2.62. The fourth-order valence-electron chi connectivity index (χ4n) is 3.24. The molecule has 10 heteroatoms. The van der Waals surface area contributed by atoms with Gasteiger partial charge in [-0.3, -0.25) is 9.48 Å². The Morgan fingerprint density at radius 2 is 2.04 bits per heavy atom. The molecule has 3 aromatic heterocycles. The highest BCUT2D eigenvalue weighted by atomic mass is 32.1. The topological polar surface area (TPSA) is 71.8 Å². The summed E-state index contributed by atoms with van der Waals surface area (Å²) in [7, 11) is 0. The summed E-state index contributed by atoms with van der Waals surface area (Å²) >= 11 is 0.957. The first-order valence-electron chi connectivity index (χ1n) is 8.31. The van der Waals surface area contributed by atoms with Crippen molar-refractivity contribution in [2.75, 3.05) is 5.32 Å². The molecule has 27 heavy (non-hydrogen) atoms. The van der Waals surface area contributed by atoms with Crippen molar-refractivity contribution in [1.29, 1.82) is 0 Å². The SMILES string of the molecule is CCn1cc([C@H]2NC(=O)c3sc4nc(C(F)(F)F)cc(C)c4c3N2)c(C)n1. The maximum absolute atomic E-state index is 13.1. The lowest BCUT2D eigenvalue weighted by molar-refractivity contribution is -0.141. The normalized spacial score (nSPS) is 17.0. The van der Waals surface area contributed by atoms with Crippen LogP contribution < -0.4 is 10.6 Å². The van der Waals surface area contributed by atoms with E-state index in [1.54, 1.807) is 11.6 Å². The van der Waals surface area contributed by atoms with Gasteiger partial charge in [0, 0.05) is 23.7 Å². The molecule has 0 aromatic carbocycles. The van der Waals surface area contributed by atoms with Gasteiger partial charge in [-0.05, 0) is 32.4 Å². The predicted octanol–water partition coefficient (Wildman–Crippen LogP) is 4.00. The smallest absolute Gasteiger partial charge is 0.360 e. The van der Waals surface area contributed by atoms with E-state index in [9.17, 15) is 18.0 Å². The number of thiophene rings is 1. The summed E-state index contributed by atoms with van der Waals surface area (Å²) in [6, 6.07) is 1.01. The first kappa shape index (κ1) is 17.8. The van der Waals surface area contributed by atoms with E-state index in [0.717, 1.165) is 28.7 Å². The van der Waals surface area contributed by atoms with Crippen LogP contribution in [0.15, 0.2) is 12.3 Å². The van der Waals surface area contributed by atoms with Crippen LogP contribution in [-0.2, 0) is 12.7 Å². The Kier molecular flexibility index (Phi) is 3.91. The standard InChI is InChI=1S/C17H16F3N5OS/c1-4-25-6-9(8(3)24-25)14-22-12-11-7(2)5-10(17(18,19)20)21-16(11)27-13(12)15(26)23-14/h5-6,14,22H,4H2,1-3H3,(H,23,26)/t14-/m1/s1. The quantitative estimate of drug-likeness (QED) is 0.688. The first-order valence-corrected chi connectivity index (χ1v) is 9.13. The van der Waals surface area contributed by atoms with Gasteiger partial charge in [0.2, 0.25) is 0 Å². The number of nitrogens with zero attached hydrogens (tertiary/aromatic N) is 3. The molecule has 0 aliphatic carbocycles. The van der Waals surface area contributed by atoms with Crippen LogP contribution in [0.5, 0.6) is 0 Å². The molecular formula is C17H16F3N5OS. The number of hydrogen-bond donors (Lipinski definition) is 2. The molecule has 6 nitrogen and oxygen atoms in total. The van der Waals surface area contributed by atoms with E-state index in [4.69, 9.17) is 0 Å². The molecule has 2 N–H and O–H groups in total. The lowest BCUT2D eigenvalue weighted by Gasteiger charge is -2.26. The molecule has 0 fully saturated rings. The average molecular weight is 395 g/mol. The number of carbonyl (C=O) groups excluding carboxylic acids is 1. The van der Waals surface area contributed by atoms with E-state index in [2.05, 4.69) is 20.7 Å². The molecule has 4 rings (SSSR count). The number of alkyl halides is 3. The lowest BCUT2D eigenvalue weighted by atomic mass is 10.1. The van der Waals surface area contributed by atoms with Gasteiger partial charge in [-0.25, -0.2) is 4.98 Å². The van der Waals surface area contributed by atoms with Crippen LogP contribution in [0.1, 0.15) is 45.3 Å². The molecule has 1 atom stereocenters. The molecule has 1 aliphatic rings. The highest BCUT2D eigenvalue weighted by molar-refractivity contribution is 7.21. The van der Waals surface area contributed by atoms with Gasteiger partial charge >= 0.3 is 6.18 Å². The lowest BCUT2D eigenvalue weighted by Crippen LogP contribution is -2.37. The fourth-order valence-corrected chi connectivity index (χ4v) is 4.35. The fraction of sp³-hybridized carbons (Fsp3) is 0.353. The van der Waals surface area contributed by atoms with Crippen LogP contribution in [-0.4, -0.2) is 20.7 Å². The van der Waals surface area contributed by atoms with Crippen LogP contribution >= 0.6 is 11.3 Å². The van der Waals surface area contributed by atoms with Gasteiger partial charge in [0.1, 0.15) is 21.6 Å². The number of amides is 1. The summed E-state index contributed by atoms with van der Waals surface area (Å²) in [6.45, 7) is 6.09. The maximum atomic E-state index is 13.1. The Labute approximate surface area is 156 Å². The van der Waals surface area contributed by atoms with Crippen LogP contribution in [0, 0.1) is 13.8 Å². The van der Waals surface area contributed by atoms with E-state index >= 15 is 0 Å². The molecule has 0 unspecified atom stereocenters. The number of halogens is 3. The number of aryl methyl sites for hydroxylation is 3. The van der Waals surface area contributed by atoms with Crippen LogP contribution in [0.25, 0.3) is 10.2 Å². The van der Waals surface area contributed by atoms with Gasteiger partial charge in [0.05, 0.1) is 11.4 Å². The average Bonchev–Trinajstić information content (AvgIpc) is 3.14. The molecular weight excluding hydrogens is 379 g/mol. The molecule has 0 bridgehead atoms. The highest BCUT2D eigenvalue weighted by Gasteiger charge is 2.36. The van der Waals surface area contributed by atoms with Gasteiger partial charge in [-0.15, -0.1) is 11.3 Å². The van der Waals surface area contributed by atoms with Crippen molar-refractivity contribution in [2.24, 2.45) is 0 Å². The summed E-state index contributed by atoms with van der Waals surface area (Å²) in [4.78, 5) is 16.9. The molecule has 3 aromatic rings. The third-order valence-corrected chi connectivity index (χ3v) is 5.62. The van der Waals surface area contributed by atoms with Crippen molar-refractivity contribution in [2.45, 2.75) is 39.7 Å². The highest BCUT2D eigenvalue weighted by Crippen LogP contribution is 2.42. The second-order valence-electron chi connectivity index (χ2n) is 6.38. The van der Waals surface area contributed by atoms with Gasteiger partial charge in [-0.2, -0.15) is 18.3 Å². The zero-order valence-electron chi connectivity index (χ0n) is 14.7. The van der Waals surface area contributed by atoms with Gasteiger partial charge in [0.15, 0.2) is 0 Å². The minimum Gasteiger partial charge on any atom is -0.360 e. The maximum Gasteiger partial charge on any atom is 0.433 e. The number of rotatable bonds is 2. The van der Waals surface area contributed by atoms with Crippen LogP contribution in [0.2, 0.25) is 0 Å². The van der Waals surface area contributed by atoms with Crippen molar-refractivity contribution in [3.05, 3.63) is 39.7 Å². The second-order valence-corrected chi connectivity index (χ2v) is 7.38. The van der Waals surface area contributed by atoms with E-state index in [0.29, 0.717) is 28.1 Å². The second kappa shape index (κ2) is 5.95. The van der Waals surface area contributed by atoms with E-state index in [-0.39, 0.29) is 10.7 Å². The largest absolute Gasteiger partial charge is 0.433 e. The Bertz CT molecular complexity index is 1070. The van der Waals surface area contributed by atoms with E-state index in [1.165, 1.54) is 0 Å². The Morgan fingerprint density at radius 3 is 2.67 bits per heavy atom. The minimum absolute atomic E-state index is 0.191. The zero-order chi connectivity index (χ0) is 19.5. The number of hydrogen-bond acceptors (Lipinski definition) is 5. The number of fused-ring (bicyclic) bond motifs is 3. The minimum atomic E-state index is -4.53. The summed E-state index contributed by atoms with van der Waals surface area (Å²) in [5.41, 5.74) is 1.57. The third-order valence-electron chi connectivity index (χ3n) is 4.54. The number of nitrogens with one attached hydrogen (secondary N) is 2. The van der Waals surface area contributed by atoms with Crippen LogP contribution in [0.4, 0.5) is 18.9 Å². The van der Waals surface area contributed by atoms with Gasteiger partial charge in [-0.1, -0.05) is 0 Å². The van der Waals surface area contributed by atoms with Crippen molar-refractivity contribution in [3.8, 4) is 0 Å². The summed E-state index contributed by atoms with van der Waals surface area (Å²) in [6.07, 6.45) is -3.20. The van der Waals surface area contributed by atoms with Crippen molar-refractivity contribution >= 4 is 33.1 Å². The Morgan fingerprint density at radius 1 is 1.30 bits per heavy atom. The molecule has 0 radical (unpaired) electrons. The van der Waals surface area contributed by atoms with Crippen molar-refractivity contribution < 1.29 is 18.0 Å².